The zero-order chi connectivity index (χ0) is 13.9. The molecule has 3 nitrogen and oxygen atoms in total. The molecule has 0 aliphatic carbocycles. The van der Waals surface area contributed by atoms with E-state index in [1.54, 1.807) is 11.3 Å². The largest absolute Gasteiger partial charge is 0.240 e. The molecule has 19 heavy (non-hydrogen) atoms. The van der Waals surface area contributed by atoms with Crippen molar-refractivity contribution in [3.05, 3.63) is 27.9 Å². The summed E-state index contributed by atoms with van der Waals surface area (Å²) in [7, 11) is -3.04. The molecular formula is C13H17NO2S3. The summed E-state index contributed by atoms with van der Waals surface area (Å²) in [5.74, 6) is 0.711. The molecule has 104 valence electrons. The minimum atomic E-state index is -3.04. The van der Waals surface area contributed by atoms with Crippen LogP contribution in [0.3, 0.4) is 0 Å². The molecule has 0 saturated carbocycles. The van der Waals surface area contributed by atoms with Gasteiger partial charge in [0.25, 0.3) is 0 Å². The molecule has 0 radical (unpaired) electrons. The van der Waals surface area contributed by atoms with Gasteiger partial charge in [-0.25, -0.2) is 13.4 Å². The lowest BCUT2D eigenvalue weighted by molar-refractivity contribution is 0.572. The lowest BCUT2D eigenvalue weighted by Crippen LogP contribution is -2.11. The van der Waals surface area contributed by atoms with Crippen LogP contribution in [0.2, 0.25) is 0 Å². The SMILES string of the molecule is CC(C)CCS(=O)(=O)Cc1csc(-c2ccsc2)n1. The van der Waals surface area contributed by atoms with Gasteiger partial charge in [-0.05, 0) is 23.8 Å². The molecule has 0 aromatic carbocycles. The standard InChI is InChI=1S/C13H17NO2S3/c1-10(2)4-6-19(15,16)9-12-8-18-13(14-12)11-3-5-17-7-11/h3,5,7-8,10H,4,6,9H2,1-2H3. The third kappa shape index (κ3) is 4.40. The van der Waals surface area contributed by atoms with Gasteiger partial charge < -0.3 is 0 Å². The van der Waals surface area contributed by atoms with Crippen molar-refractivity contribution < 1.29 is 8.42 Å². The molecule has 6 heteroatoms. The summed E-state index contributed by atoms with van der Waals surface area (Å²) < 4.78 is 23.9. The third-order valence-corrected chi connectivity index (χ3v) is 5.91. The monoisotopic (exact) mass is 315 g/mol. The predicted octanol–water partition coefficient (Wildman–Crippen LogP) is 3.83. The minimum Gasteiger partial charge on any atom is -0.240 e. The van der Waals surface area contributed by atoms with Gasteiger partial charge in [-0.3, -0.25) is 0 Å². The molecule has 0 unspecified atom stereocenters. The van der Waals surface area contributed by atoms with Crippen molar-refractivity contribution in [2.45, 2.75) is 26.0 Å². The Bertz CT molecular complexity index is 612. The van der Waals surface area contributed by atoms with E-state index >= 15 is 0 Å². The molecule has 0 aliphatic heterocycles. The van der Waals surface area contributed by atoms with Gasteiger partial charge in [0.1, 0.15) is 5.01 Å². The van der Waals surface area contributed by atoms with Crippen molar-refractivity contribution in [3.63, 3.8) is 0 Å². The molecule has 2 aromatic rings. The van der Waals surface area contributed by atoms with E-state index in [2.05, 4.69) is 4.98 Å². The number of rotatable bonds is 6. The highest BCUT2D eigenvalue weighted by atomic mass is 32.2. The second-order valence-electron chi connectivity index (χ2n) is 4.93. The fourth-order valence-corrected chi connectivity index (χ4v) is 4.82. The van der Waals surface area contributed by atoms with Crippen molar-refractivity contribution in [3.8, 4) is 10.6 Å². The quantitative estimate of drug-likeness (QED) is 0.814. The first kappa shape index (κ1) is 14.7. The number of thiophene rings is 1. The van der Waals surface area contributed by atoms with Crippen LogP contribution in [-0.4, -0.2) is 19.2 Å². The average molecular weight is 315 g/mol. The molecule has 0 aliphatic rings. The van der Waals surface area contributed by atoms with Crippen molar-refractivity contribution in [1.82, 2.24) is 4.98 Å². The molecule has 0 fully saturated rings. The van der Waals surface area contributed by atoms with E-state index in [0.717, 1.165) is 10.6 Å². The number of sulfone groups is 1. The zero-order valence-electron chi connectivity index (χ0n) is 11.0. The Balaban J connectivity index is 2.04. The Hall–Kier alpha value is -0.720. The van der Waals surface area contributed by atoms with Gasteiger partial charge in [-0.15, -0.1) is 11.3 Å². The summed E-state index contributed by atoms with van der Waals surface area (Å²) in [5, 5.41) is 6.77. The van der Waals surface area contributed by atoms with Gasteiger partial charge in [-0.2, -0.15) is 11.3 Å². The zero-order valence-corrected chi connectivity index (χ0v) is 13.4. The molecule has 0 amide bonds. The number of aromatic nitrogens is 1. The number of hydrogen-bond donors (Lipinski definition) is 0. The maximum absolute atomic E-state index is 12.0. The highest BCUT2D eigenvalue weighted by Crippen LogP contribution is 2.26. The van der Waals surface area contributed by atoms with E-state index in [9.17, 15) is 8.42 Å². The summed E-state index contributed by atoms with van der Waals surface area (Å²) in [6, 6.07) is 2.00. The van der Waals surface area contributed by atoms with Crippen molar-refractivity contribution in [1.29, 1.82) is 0 Å². The summed E-state index contributed by atoms with van der Waals surface area (Å²) in [4.78, 5) is 4.41. The van der Waals surface area contributed by atoms with Gasteiger partial charge in [0.2, 0.25) is 0 Å². The number of nitrogens with zero attached hydrogens (tertiary/aromatic N) is 1. The first-order valence-corrected chi connectivity index (χ1v) is 9.78. The third-order valence-electron chi connectivity index (χ3n) is 2.69. The second-order valence-corrected chi connectivity index (χ2v) is 8.75. The van der Waals surface area contributed by atoms with Crippen LogP contribution in [0.25, 0.3) is 10.6 Å². The summed E-state index contributed by atoms with van der Waals surface area (Å²) in [5.41, 5.74) is 1.73. The highest BCUT2D eigenvalue weighted by Gasteiger charge is 2.15. The summed E-state index contributed by atoms with van der Waals surface area (Å²) in [6.45, 7) is 4.07. The van der Waals surface area contributed by atoms with Crippen LogP contribution in [-0.2, 0) is 15.6 Å². The van der Waals surface area contributed by atoms with E-state index in [0.29, 0.717) is 18.0 Å². The van der Waals surface area contributed by atoms with E-state index in [1.807, 2.05) is 36.1 Å². The van der Waals surface area contributed by atoms with E-state index in [1.165, 1.54) is 11.3 Å². The Labute approximate surface area is 122 Å². The maximum atomic E-state index is 12.0. The Morgan fingerprint density at radius 1 is 1.32 bits per heavy atom. The molecule has 2 heterocycles. The summed E-state index contributed by atoms with van der Waals surface area (Å²) >= 11 is 3.12. The normalized spacial score (nSPS) is 12.2. The molecule has 0 N–H and O–H groups in total. The number of thiazole rings is 1. The van der Waals surface area contributed by atoms with Crippen LogP contribution >= 0.6 is 22.7 Å². The fourth-order valence-electron chi connectivity index (χ4n) is 1.60. The van der Waals surface area contributed by atoms with Crippen molar-refractivity contribution >= 4 is 32.5 Å². The van der Waals surface area contributed by atoms with Gasteiger partial charge in [0.05, 0.1) is 17.2 Å². The van der Waals surface area contributed by atoms with Crippen LogP contribution in [0, 0.1) is 5.92 Å². The van der Waals surface area contributed by atoms with Gasteiger partial charge in [0, 0.05) is 16.3 Å². The Morgan fingerprint density at radius 2 is 2.11 bits per heavy atom. The molecule has 0 bridgehead atoms. The molecule has 0 atom stereocenters. The predicted molar refractivity (Wildman–Crippen MR) is 82.4 cm³/mol. The maximum Gasteiger partial charge on any atom is 0.156 e. The number of hydrogen-bond acceptors (Lipinski definition) is 5. The lowest BCUT2D eigenvalue weighted by atomic mass is 10.2. The molecular weight excluding hydrogens is 298 g/mol. The molecule has 2 aromatic heterocycles. The highest BCUT2D eigenvalue weighted by molar-refractivity contribution is 7.90. The van der Waals surface area contributed by atoms with Gasteiger partial charge in [0.15, 0.2) is 9.84 Å². The van der Waals surface area contributed by atoms with Crippen LogP contribution in [0.5, 0.6) is 0 Å². The average Bonchev–Trinajstić information content (AvgIpc) is 2.95. The van der Waals surface area contributed by atoms with E-state index in [4.69, 9.17) is 0 Å². The van der Waals surface area contributed by atoms with Crippen LogP contribution in [0.4, 0.5) is 0 Å². The first-order chi connectivity index (χ1) is 8.96. The smallest absolute Gasteiger partial charge is 0.156 e. The van der Waals surface area contributed by atoms with Gasteiger partial charge >= 0.3 is 0 Å². The topological polar surface area (TPSA) is 47.0 Å². The van der Waals surface area contributed by atoms with Crippen LogP contribution in [0.15, 0.2) is 22.2 Å². The second kappa shape index (κ2) is 6.15. The minimum absolute atomic E-state index is 0.0559. The molecule has 0 spiro atoms. The van der Waals surface area contributed by atoms with E-state index in [-0.39, 0.29) is 11.5 Å². The summed E-state index contributed by atoms with van der Waals surface area (Å²) in [6.07, 6.45) is 0.712. The fraction of sp³-hybridized carbons (Fsp3) is 0.462. The van der Waals surface area contributed by atoms with Gasteiger partial charge in [-0.1, -0.05) is 13.8 Å². The Kier molecular flexibility index (Phi) is 4.76. The van der Waals surface area contributed by atoms with Crippen molar-refractivity contribution in [2.24, 2.45) is 5.92 Å². The van der Waals surface area contributed by atoms with Crippen LogP contribution in [0.1, 0.15) is 26.0 Å². The van der Waals surface area contributed by atoms with Crippen molar-refractivity contribution in [2.75, 3.05) is 5.75 Å². The molecule has 2 rings (SSSR count). The Morgan fingerprint density at radius 3 is 2.74 bits per heavy atom. The first-order valence-electron chi connectivity index (χ1n) is 6.13. The van der Waals surface area contributed by atoms with Crippen LogP contribution < -0.4 is 0 Å². The van der Waals surface area contributed by atoms with E-state index < -0.39 is 9.84 Å². The lowest BCUT2D eigenvalue weighted by Gasteiger charge is -2.04. The molecule has 0 saturated heterocycles.